The number of anilines is 3. The van der Waals surface area contributed by atoms with Gasteiger partial charge in [0, 0.05) is 39.9 Å². The molecule has 5 unspecified atom stereocenters. The van der Waals surface area contributed by atoms with Gasteiger partial charge in [-0.1, -0.05) is 62.3 Å². The zero-order valence-electron chi connectivity index (χ0n) is 52.2. The van der Waals surface area contributed by atoms with Crippen LogP contribution in [-0.4, -0.2) is 132 Å². The number of hydrogen-bond donors (Lipinski definition) is 5. The summed E-state index contributed by atoms with van der Waals surface area (Å²) in [6.07, 6.45) is -1.25. The number of rotatable bonds is 16. The average molecular weight is 1240 g/mol. The second kappa shape index (κ2) is 27.6. The van der Waals surface area contributed by atoms with E-state index in [0.29, 0.717) is 12.8 Å². The normalized spacial score (nSPS) is 27.7. The summed E-state index contributed by atoms with van der Waals surface area (Å²) in [7, 11) is 0.0695. The van der Waals surface area contributed by atoms with Crippen molar-refractivity contribution in [2.24, 2.45) is 16.2 Å². The monoisotopic (exact) mass is 1240 g/mol. The van der Waals surface area contributed by atoms with Crippen LogP contribution in [0.2, 0.25) is 0 Å². The Morgan fingerprint density at radius 3 is 1.05 bits per heavy atom. The van der Waals surface area contributed by atoms with Gasteiger partial charge in [-0.2, -0.15) is 15.0 Å². The quantitative estimate of drug-likeness (QED) is 0.0870. The highest BCUT2D eigenvalue weighted by atomic mass is 32.5. The van der Waals surface area contributed by atoms with Crippen LogP contribution < -0.4 is 34.3 Å². The highest BCUT2D eigenvalue weighted by molar-refractivity contribution is 8.07. The first-order chi connectivity index (χ1) is 37.6. The molecule has 0 radical (unpaired) electrons. The minimum absolute atomic E-state index is 0.0433. The van der Waals surface area contributed by atoms with Crippen molar-refractivity contribution in [2.45, 2.75) is 234 Å². The molecule has 3 aromatic heterocycles. The molecule has 6 rings (SSSR count). The third-order valence-corrected chi connectivity index (χ3v) is 15.3. The van der Waals surface area contributed by atoms with Crippen molar-refractivity contribution >= 4 is 43.8 Å². The minimum Gasteiger partial charge on any atom is -0.383 e. The molecule has 3 fully saturated rings. The molecule has 8 N–H and O–H groups in total. The number of hydrogen-bond acceptors (Lipinski definition) is 22. The van der Waals surface area contributed by atoms with Gasteiger partial charge in [-0.3, -0.25) is 27.3 Å². The summed E-state index contributed by atoms with van der Waals surface area (Å²) in [6.45, 7) is 31.3. The molecule has 0 aromatic carbocycles. The number of aromatic nitrogens is 6. The van der Waals surface area contributed by atoms with E-state index in [4.69, 9.17) is 80.3 Å². The molecule has 474 valence electrons. The number of nitrogens with two attached hydrogens (primary N) is 3. The van der Waals surface area contributed by atoms with Crippen molar-refractivity contribution < 1.29 is 65.6 Å². The number of methoxy groups -OCH3 is 3. The van der Waals surface area contributed by atoms with Crippen molar-refractivity contribution in [3.8, 4) is 0 Å². The molecule has 0 amide bonds. The lowest BCUT2D eigenvalue weighted by molar-refractivity contribution is -0.124. The summed E-state index contributed by atoms with van der Waals surface area (Å²) in [5.41, 5.74) is 12.9. The van der Waals surface area contributed by atoms with Gasteiger partial charge in [0.05, 0.1) is 35.1 Å². The molecule has 0 saturated carbocycles. The molecule has 0 bridgehead atoms. The predicted molar refractivity (Wildman–Crippen MR) is 317 cm³/mol. The van der Waals surface area contributed by atoms with E-state index < -0.39 is 104 Å². The van der Waals surface area contributed by atoms with Crippen molar-refractivity contribution in [1.29, 1.82) is 0 Å². The zero-order valence-corrected chi connectivity index (χ0v) is 54.9. The van der Waals surface area contributed by atoms with E-state index in [2.05, 4.69) is 56.5 Å². The van der Waals surface area contributed by atoms with Gasteiger partial charge in [0.2, 0.25) is 0 Å². The molecule has 3 aliphatic heterocycles. The lowest BCUT2D eigenvalue weighted by Crippen LogP contribution is -2.43. The highest BCUT2D eigenvalue weighted by Gasteiger charge is 2.53. The summed E-state index contributed by atoms with van der Waals surface area (Å²) in [5.74, 6) is 0.374. The largest absolute Gasteiger partial charge is 0.473 e. The molecular formula is C54H95N9O17P2S. The SMILES string of the molecule is COC1[C@@H](OC(C)(C)C)[C@@H](CC(C)(C)C)O[C@H]1n1ccc(N)nc1=O.COC1[C@@H](OP(=O)(O)OC(C)(C)C)[C@@H](CC(C)(C)C)O[C@H]1n1ccc(N)nc1=O.COC1[C@@H](OP(O)(=S)OC(C)(C)C)[C@@H](CC(C)(C)C)O[C@H]1n1ccc(N)nc1=O. The van der Waals surface area contributed by atoms with Crippen molar-refractivity contribution in [2.75, 3.05) is 38.5 Å². The van der Waals surface area contributed by atoms with Crippen LogP contribution in [0.3, 0.4) is 0 Å². The van der Waals surface area contributed by atoms with Gasteiger partial charge in [-0.25, -0.2) is 18.9 Å². The molecule has 3 aliphatic rings. The maximum Gasteiger partial charge on any atom is 0.473 e. The Hall–Kier alpha value is -3.60. The van der Waals surface area contributed by atoms with E-state index in [1.165, 1.54) is 52.4 Å². The Kier molecular flexibility index (Phi) is 23.9. The third-order valence-electron chi connectivity index (χ3n) is 12.3. The maximum absolute atomic E-state index is 12.6. The Bertz CT molecular complexity index is 2750. The fraction of sp³-hybridized carbons (Fsp3) is 0.778. The van der Waals surface area contributed by atoms with E-state index in [-0.39, 0.29) is 51.5 Å². The van der Waals surface area contributed by atoms with Crippen LogP contribution in [-0.2, 0) is 67.6 Å². The van der Waals surface area contributed by atoms with Gasteiger partial charge in [0.15, 0.2) is 18.7 Å². The minimum atomic E-state index is -4.44. The van der Waals surface area contributed by atoms with Crippen LogP contribution in [0.15, 0.2) is 51.2 Å². The summed E-state index contributed by atoms with van der Waals surface area (Å²) < 4.78 is 80.4. The number of nitrogens with zero attached hydrogens (tertiary/aromatic N) is 6. The van der Waals surface area contributed by atoms with Crippen LogP contribution in [0.25, 0.3) is 0 Å². The average Bonchev–Trinajstić information content (AvgIpc) is 3.30. The number of phosphoric ester groups is 1. The van der Waals surface area contributed by atoms with Crippen LogP contribution in [0.1, 0.15) is 163 Å². The summed E-state index contributed by atoms with van der Waals surface area (Å²) in [6, 6.07) is 4.54. The standard InChI is InChI=1S/C18H32N3O7P.C18H32N3O6PS.C18H31N3O4/c1-17(2,3)10-11-13(27-29(23,24)28-18(4,5)6)14(25-7)15(26-11)21-9-8-12(19)20-16(21)22;1-17(2,3)10-11-13(26-28(23,29)27-18(4,5)6)14(24-7)15(25-11)21-9-8-12(19)20-16(21)22;1-17(2,3)10-11-13(25-18(4,5)6)14(23-7)15(24-11)21-9-8-12(19)20-16(21)22/h8-9,11,13-15H,10H2,1-7H3,(H,23,24)(H2,19,20,22);8-9,11,13-15H,10H2,1-7H3,(H,23,29)(H2,19,20,22);8-9,11,13-15H,10H2,1-7H3,(H2,19,20,22)/t11-,13+,14?,15-;11-,13+,14?,15-,28?;11-,13+,14?,15-/m111/s1. The second-order valence-electron chi connectivity index (χ2n) is 27.4. The lowest BCUT2D eigenvalue weighted by Gasteiger charge is -2.32. The van der Waals surface area contributed by atoms with E-state index in [1.54, 1.807) is 60.9 Å². The van der Waals surface area contributed by atoms with Crippen LogP contribution in [0.5, 0.6) is 0 Å². The molecular weight excluding hydrogens is 1140 g/mol. The van der Waals surface area contributed by atoms with Crippen LogP contribution >= 0.6 is 14.5 Å². The molecule has 0 aliphatic carbocycles. The molecule has 6 heterocycles. The van der Waals surface area contributed by atoms with Gasteiger partial charge >= 0.3 is 31.6 Å². The second-order valence-corrected chi connectivity index (χ2v) is 31.4. The first kappa shape index (κ1) is 71.9. The molecule has 0 spiro atoms. The van der Waals surface area contributed by atoms with Gasteiger partial charge in [-0.05, 0) is 128 Å². The van der Waals surface area contributed by atoms with Gasteiger partial charge in [0.25, 0.3) is 0 Å². The Balaban J connectivity index is 0.000000268. The number of ether oxygens (including phenoxy) is 7. The van der Waals surface area contributed by atoms with Crippen molar-refractivity contribution in [1.82, 2.24) is 28.7 Å². The van der Waals surface area contributed by atoms with Gasteiger partial charge in [0.1, 0.15) is 54.1 Å². The highest BCUT2D eigenvalue weighted by Crippen LogP contribution is 2.54. The fourth-order valence-corrected chi connectivity index (χ4v) is 13.1. The third kappa shape index (κ3) is 22.3. The summed E-state index contributed by atoms with van der Waals surface area (Å²) in [5, 5.41) is 0. The molecule has 26 nitrogen and oxygen atoms in total. The van der Waals surface area contributed by atoms with Crippen molar-refractivity contribution in [3.05, 3.63) is 68.2 Å². The Labute approximate surface area is 493 Å². The van der Waals surface area contributed by atoms with E-state index in [1.807, 2.05) is 41.5 Å². The molecule has 3 aromatic rings. The van der Waals surface area contributed by atoms with Gasteiger partial charge < -0.3 is 64.7 Å². The summed E-state index contributed by atoms with van der Waals surface area (Å²) in [4.78, 5) is 69.2. The first-order valence-corrected chi connectivity index (χ1v) is 31.4. The molecule has 3 saturated heterocycles. The number of nitrogen functional groups attached to an aromatic ring is 3. The topological polar surface area (TPSA) is 342 Å². The maximum atomic E-state index is 12.6. The zero-order chi connectivity index (χ0) is 63.4. The molecule has 83 heavy (non-hydrogen) atoms. The lowest BCUT2D eigenvalue weighted by atomic mass is 9.87. The molecule has 29 heteroatoms. The molecule has 14 atom stereocenters. The first-order valence-electron chi connectivity index (χ1n) is 27.4. The fourth-order valence-electron chi connectivity index (χ4n) is 9.56. The van der Waals surface area contributed by atoms with Crippen LogP contribution in [0.4, 0.5) is 17.5 Å². The smallest absolute Gasteiger partial charge is 0.383 e. The predicted octanol–water partition coefficient (Wildman–Crippen LogP) is 7.42. The van der Waals surface area contributed by atoms with E-state index in [0.717, 1.165) is 6.42 Å². The van der Waals surface area contributed by atoms with E-state index >= 15 is 0 Å². The Morgan fingerprint density at radius 2 is 0.783 bits per heavy atom. The van der Waals surface area contributed by atoms with Crippen molar-refractivity contribution in [3.63, 3.8) is 0 Å². The van der Waals surface area contributed by atoms with E-state index in [9.17, 15) is 28.7 Å². The summed E-state index contributed by atoms with van der Waals surface area (Å²) >= 11 is 5.24. The number of phosphoric acid groups is 1. The van der Waals surface area contributed by atoms with Gasteiger partial charge in [-0.15, -0.1) is 0 Å². The van der Waals surface area contributed by atoms with Crippen LogP contribution in [0, 0.1) is 16.2 Å². The Morgan fingerprint density at radius 1 is 0.494 bits per heavy atom.